The Balaban J connectivity index is 0.000000151. The second-order valence-corrected chi connectivity index (χ2v) is 6.30. The molecular formula is C15H26N6O. The van der Waals surface area contributed by atoms with Crippen LogP contribution in [0.4, 0.5) is 0 Å². The highest BCUT2D eigenvalue weighted by atomic mass is 16.3. The number of aliphatic hydroxyl groups excluding tert-OH is 1. The van der Waals surface area contributed by atoms with E-state index in [-0.39, 0.29) is 12.1 Å². The van der Waals surface area contributed by atoms with E-state index in [0.717, 1.165) is 5.92 Å². The first-order valence-electron chi connectivity index (χ1n) is 8.13. The Kier molecular flexibility index (Phi) is 5.07. The van der Waals surface area contributed by atoms with Gasteiger partial charge in [-0.05, 0) is 44.8 Å². The zero-order valence-corrected chi connectivity index (χ0v) is 12.9. The quantitative estimate of drug-likeness (QED) is 0.613. The van der Waals surface area contributed by atoms with Crippen LogP contribution in [0.25, 0.3) is 0 Å². The summed E-state index contributed by atoms with van der Waals surface area (Å²) in [6, 6.07) is 0. The van der Waals surface area contributed by atoms with E-state index in [2.05, 4.69) is 20.3 Å². The number of nitrogens with one attached hydrogen (secondary N) is 1. The Labute approximate surface area is 131 Å². The van der Waals surface area contributed by atoms with Gasteiger partial charge < -0.3 is 21.1 Å². The molecule has 2 bridgehead atoms. The SMILES string of the molecule is C1CN2CCC1CC2.NC(O)C1C=CN(C2CN=CN2)N=C1. The fourth-order valence-corrected chi connectivity index (χ4v) is 3.18. The number of hydrazone groups is 1. The molecule has 0 aromatic rings. The summed E-state index contributed by atoms with van der Waals surface area (Å²) < 4.78 is 0. The molecule has 0 aromatic heterocycles. The number of piperidine rings is 3. The van der Waals surface area contributed by atoms with E-state index in [1.165, 1.54) is 38.9 Å². The molecule has 3 fully saturated rings. The van der Waals surface area contributed by atoms with Crippen molar-refractivity contribution in [2.75, 3.05) is 26.2 Å². The summed E-state index contributed by atoms with van der Waals surface area (Å²) in [4.78, 5) is 6.62. The van der Waals surface area contributed by atoms with Crippen LogP contribution in [0.15, 0.2) is 22.4 Å². The molecule has 5 rings (SSSR count). The summed E-state index contributed by atoms with van der Waals surface area (Å²) in [5.74, 6) is 0.911. The standard InChI is InChI=1S/C8H13N5O.C7H13N/c9-8(14)6-1-2-13(12-3-6)7-4-10-5-11-7;1-4-8-5-2-7(1)3-6-8/h1-3,5-8,14H,4,9H2,(H,10,11);7H,1-6H2. The fraction of sp³-hybridized carbons (Fsp3) is 0.733. The van der Waals surface area contributed by atoms with Crippen molar-refractivity contribution in [2.24, 2.45) is 27.7 Å². The summed E-state index contributed by atoms with van der Waals surface area (Å²) in [6.07, 6.45) is 10.6. The molecule has 0 spiro atoms. The van der Waals surface area contributed by atoms with Gasteiger partial charge in [-0.3, -0.25) is 4.99 Å². The van der Waals surface area contributed by atoms with Crippen LogP contribution < -0.4 is 11.1 Å². The lowest BCUT2D eigenvalue weighted by atomic mass is 9.89. The van der Waals surface area contributed by atoms with Crippen LogP contribution in [0.1, 0.15) is 19.3 Å². The van der Waals surface area contributed by atoms with E-state index >= 15 is 0 Å². The van der Waals surface area contributed by atoms with Gasteiger partial charge in [0.25, 0.3) is 0 Å². The zero-order valence-electron chi connectivity index (χ0n) is 12.9. The van der Waals surface area contributed by atoms with E-state index in [1.54, 1.807) is 23.8 Å². The predicted octanol–water partition coefficient (Wildman–Crippen LogP) is -0.245. The molecule has 5 heterocycles. The molecule has 0 radical (unpaired) electrons. The molecule has 0 saturated carbocycles. The van der Waals surface area contributed by atoms with Gasteiger partial charge in [0, 0.05) is 12.4 Å². The maximum Gasteiger partial charge on any atom is 0.140 e. The number of hydrogen-bond donors (Lipinski definition) is 3. The van der Waals surface area contributed by atoms with Crippen LogP contribution in [0, 0.1) is 11.8 Å². The van der Waals surface area contributed by atoms with Crippen LogP contribution in [-0.2, 0) is 0 Å². The monoisotopic (exact) mass is 306 g/mol. The zero-order chi connectivity index (χ0) is 15.4. The van der Waals surface area contributed by atoms with Crippen LogP contribution in [0.2, 0.25) is 0 Å². The highest BCUT2D eigenvalue weighted by Gasteiger charge is 2.24. The van der Waals surface area contributed by atoms with Crippen LogP contribution in [0.5, 0.6) is 0 Å². The van der Waals surface area contributed by atoms with Gasteiger partial charge in [0.2, 0.25) is 0 Å². The van der Waals surface area contributed by atoms with Gasteiger partial charge in [-0.25, -0.2) is 5.01 Å². The number of rotatable bonds is 2. The van der Waals surface area contributed by atoms with Crippen molar-refractivity contribution in [3.05, 3.63) is 12.3 Å². The molecule has 122 valence electrons. The van der Waals surface area contributed by atoms with Gasteiger partial charge in [-0.1, -0.05) is 6.08 Å². The normalized spacial score (nSPS) is 36.7. The molecule has 0 aromatic carbocycles. The lowest BCUT2D eigenvalue weighted by Crippen LogP contribution is -2.41. The first-order chi connectivity index (χ1) is 10.7. The van der Waals surface area contributed by atoms with Crippen molar-refractivity contribution in [3.63, 3.8) is 0 Å². The number of nitrogens with two attached hydrogens (primary N) is 1. The molecule has 5 aliphatic rings. The molecule has 0 aliphatic carbocycles. The molecule has 3 unspecified atom stereocenters. The topological polar surface area (TPSA) is 89.5 Å². The van der Waals surface area contributed by atoms with Gasteiger partial charge in [-0.2, -0.15) is 5.10 Å². The third-order valence-corrected chi connectivity index (χ3v) is 4.74. The second kappa shape index (κ2) is 7.21. The minimum absolute atomic E-state index is 0.0818. The molecule has 3 saturated heterocycles. The highest BCUT2D eigenvalue weighted by Crippen LogP contribution is 2.26. The van der Waals surface area contributed by atoms with Crippen LogP contribution in [0.3, 0.4) is 0 Å². The van der Waals surface area contributed by atoms with E-state index in [1.807, 2.05) is 6.08 Å². The van der Waals surface area contributed by atoms with Gasteiger partial charge in [0.15, 0.2) is 0 Å². The second-order valence-electron chi connectivity index (χ2n) is 6.30. The molecule has 7 heteroatoms. The largest absolute Gasteiger partial charge is 0.378 e. The third-order valence-electron chi connectivity index (χ3n) is 4.74. The Morgan fingerprint density at radius 3 is 2.32 bits per heavy atom. The predicted molar refractivity (Wildman–Crippen MR) is 87.2 cm³/mol. The van der Waals surface area contributed by atoms with Crippen molar-refractivity contribution in [3.8, 4) is 0 Å². The number of fused-ring (bicyclic) bond motifs is 3. The van der Waals surface area contributed by atoms with Crippen molar-refractivity contribution in [2.45, 2.75) is 31.7 Å². The van der Waals surface area contributed by atoms with Gasteiger partial charge >= 0.3 is 0 Å². The minimum Gasteiger partial charge on any atom is -0.378 e. The Morgan fingerprint density at radius 1 is 1.23 bits per heavy atom. The minimum atomic E-state index is -0.884. The summed E-state index contributed by atoms with van der Waals surface area (Å²) in [7, 11) is 0. The molecule has 3 atom stereocenters. The maximum absolute atomic E-state index is 9.11. The average molecular weight is 306 g/mol. The number of aliphatic hydroxyl groups is 1. The molecule has 4 N–H and O–H groups in total. The van der Waals surface area contributed by atoms with E-state index in [4.69, 9.17) is 10.8 Å². The smallest absolute Gasteiger partial charge is 0.140 e. The van der Waals surface area contributed by atoms with E-state index in [0.29, 0.717) is 6.54 Å². The number of aliphatic imine (C=N–C) groups is 1. The van der Waals surface area contributed by atoms with Crippen LogP contribution >= 0.6 is 0 Å². The van der Waals surface area contributed by atoms with Gasteiger partial charge in [0.05, 0.1) is 18.8 Å². The molecular weight excluding hydrogens is 280 g/mol. The van der Waals surface area contributed by atoms with Crippen LogP contribution in [-0.4, -0.2) is 66.1 Å². The summed E-state index contributed by atoms with van der Waals surface area (Å²) in [5, 5.41) is 18.1. The highest BCUT2D eigenvalue weighted by molar-refractivity contribution is 5.65. The Morgan fingerprint density at radius 2 is 1.95 bits per heavy atom. The van der Waals surface area contributed by atoms with Crippen molar-refractivity contribution in [1.29, 1.82) is 0 Å². The summed E-state index contributed by atoms with van der Waals surface area (Å²) in [5.41, 5.74) is 5.32. The number of nitrogens with zero attached hydrogens (tertiary/aromatic N) is 4. The van der Waals surface area contributed by atoms with Crippen molar-refractivity contribution in [1.82, 2.24) is 15.2 Å². The third kappa shape index (κ3) is 3.85. The summed E-state index contributed by atoms with van der Waals surface area (Å²) >= 11 is 0. The Bertz CT molecular complexity index is 396. The van der Waals surface area contributed by atoms with E-state index in [9.17, 15) is 0 Å². The van der Waals surface area contributed by atoms with E-state index < -0.39 is 6.23 Å². The van der Waals surface area contributed by atoms with Crippen molar-refractivity contribution >= 4 is 12.6 Å². The maximum atomic E-state index is 9.11. The molecule has 5 aliphatic heterocycles. The first kappa shape index (κ1) is 15.5. The average Bonchev–Trinajstić information content (AvgIpc) is 3.12. The molecule has 0 amide bonds. The first-order valence-corrected chi connectivity index (χ1v) is 8.13. The number of hydrogen-bond acceptors (Lipinski definition) is 7. The fourth-order valence-electron chi connectivity index (χ4n) is 3.18. The van der Waals surface area contributed by atoms with Crippen molar-refractivity contribution < 1.29 is 5.11 Å². The lowest BCUT2D eigenvalue weighted by molar-refractivity contribution is 0.111. The molecule has 22 heavy (non-hydrogen) atoms. The van der Waals surface area contributed by atoms with Gasteiger partial charge in [-0.15, -0.1) is 0 Å². The summed E-state index contributed by atoms with van der Waals surface area (Å²) in [6.45, 7) is 4.86. The molecule has 7 nitrogen and oxygen atoms in total. The Hall–Kier alpha value is -1.44. The lowest BCUT2D eigenvalue weighted by Gasteiger charge is -2.38. The van der Waals surface area contributed by atoms with Gasteiger partial charge in [0.1, 0.15) is 12.4 Å².